The van der Waals surface area contributed by atoms with Crippen LogP contribution in [0.15, 0.2) is 36.4 Å². The van der Waals surface area contributed by atoms with Crippen molar-refractivity contribution in [3.63, 3.8) is 0 Å². The number of nitro groups is 3. The molecule has 0 radical (unpaired) electrons. The first kappa shape index (κ1) is 20.1. The van der Waals surface area contributed by atoms with Crippen molar-refractivity contribution in [2.75, 3.05) is 6.61 Å². The molecule has 0 spiro atoms. The van der Waals surface area contributed by atoms with Crippen molar-refractivity contribution in [3.8, 4) is 0 Å². The number of benzene rings is 2. The predicted molar refractivity (Wildman–Crippen MR) is 92.2 cm³/mol. The second-order valence-electron chi connectivity index (χ2n) is 5.45. The highest BCUT2D eigenvalue weighted by molar-refractivity contribution is 6.00. The first-order valence-corrected chi connectivity index (χ1v) is 7.50. The number of ether oxygens (including phenoxy) is 1. The van der Waals surface area contributed by atoms with Gasteiger partial charge in [0.1, 0.15) is 0 Å². The van der Waals surface area contributed by atoms with Gasteiger partial charge in [-0.2, -0.15) is 0 Å². The van der Waals surface area contributed by atoms with Crippen molar-refractivity contribution in [2.45, 2.75) is 6.92 Å². The van der Waals surface area contributed by atoms with Crippen LogP contribution >= 0.6 is 0 Å². The van der Waals surface area contributed by atoms with Crippen molar-refractivity contribution >= 4 is 28.8 Å². The van der Waals surface area contributed by atoms with Crippen LogP contribution in [0.4, 0.5) is 17.1 Å². The smallest absolute Gasteiger partial charge is 0.339 e. The van der Waals surface area contributed by atoms with Crippen molar-refractivity contribution in [1.29, 1.82) is 0 Å². The fourth-order valence-corrected chi connectivity index (χ4v) is 2.25. The van der Waals surface area contributed by atoms with E-state index in [2.05, 4.69) is 0 Å². The van der Waals surface area contributed by atoms with Gasteiger partial charge in [-0.1, -0.05) is 0 Å². The summed E-state index contributed by atoms with van der Waals surface area (Å²) in [5, 5.41) is 32.5. The molecule has 0 aromatic heterocycles. The van der Waals surface area contributed by atoms with E-state index in [4.69, 9.17) is 4.74 Å². The number of hydrogen-bond donors (Lipinski definition) is 0. The summed E-state index contributed by atoms with van der Waals surface area (Å²) in [6.45, 7) is 0.461. The maximum absolute atomic E-state index is 12.2. The summed E-state index contributed by atoms with van der Waals surface area (Å²) in [6, 6.07) is 6.09. The van der Waals surface area contributed by atoms with E-state index in [1.54, 1.807) is 0 Å². The molecule has 0 atom stereocenters. The summed E-state index contributed by atoms with van der Waals surface area (Å²) < 4.78 is 4.80. The molecule has 0 amide bonds. The summed E-state index contributed by atoms with van der Waals surface area (Å²) in [4.78, 5) is 54.3. The van der Waals surface area contributed by atoms with Crippen LogP contribution < -0.4 is 0 Å². The predicted octanol–water partition coefficient (Wildman–Crippen LogP) is 2.76. The molecule has 12 heteroatoms. The summed E-state index contributed by atoms with van der Waals surface area (Å²) in [5.74, 6) is -1.83. The molecule has 2 aromatic rings. The van der Waals surface area contributed by atoms with Crippen LogP contribution in [0.5, 0.6) is 0 Å². The quantitative estimate of drug-likeness (QED) is 0.298. The Bertz CT molecular complexity index is 999. The molecule has 12 nitrogen and oxygen atoms in total. The lowest BCUT2D eigenvalue weighted by Gasteiger charge is -2.07. The van der Waals surface area contributed by atoms with Gasteiger partial charge in [0.05, 0.1) is 26.4 Å². The average Bonchev–Trinajstić information content (AvgIpc) is 2.65. The van der Waals surface area contributed by atoms with Gasteiger partial charge in [-0.05, 0) is 19.1 Å². The van der Waals surface area contributed by atoms with Crippen LogP contribution in [0.25, 0.3) is 0 Å². The van der Waals surface area contributed by atoms with Crippen LogP contribution in [0.3, 0.4) is 0 Å². The van der Waals surface area contributed by atoms with Crippen LogP contribution in [0, 0.1) is 37.3 Å². The van der Waals surface area contributed by atoms with Crippen LogP contribution in [0.1, 0.15) is 26.3 Å². The Morgan fingerprint density at radius 3 is 1.96 bits per heavy atom. The van der Waals surface area contributed by atoms with Gasteiger partial charge in [-0.25, -0.2) is 4.79 Å². The zero-order chi connectivity index (χ0) is 21.0. The van der Waals surface area contributed by atoms with Crippen molar-refractivity contribution in [2.24, 2.45) is 0 Å². The van der Waals surface area contributed by atoms with E-state index < -0.39 is 50.1 Å². The Balaban J connectivity index is 2.20. The van der Waals surface area contributed by atoms with Crippen LogP contribution in [-0.4, -0.2) is 33.1 Å². The number of hydrogen-bond acceptors (Lipinski definition) is 9. The zero-order valence-corrected chi connectivity index (χ0v) is 14.2. The first-order valence-electron chi connectivity index (χ1n) is 7.50. The lowest BCUT2D eigenvalue weighted by Crippen LogP contribution is -2.16. The lowest BCUT2D eigenvalue weighted by atomic mass is 10.1. The van der Waals surface area contributed by atoms with Gasteiger partial charge < -0.3 is 4.74 Å². The van der Waals surface area contributed by atoms with E-state index in [0.29, 0.717) is 6.07 Å². The van der Waals surface area contributed by atoms with Crippen LogP contribution in [0.2, 0.25) is 0 Å². The SMILES string of the molecule is Cc1c(C(=O)OCC(=O)c2ccc([N+](=O)[O-])cc2)cc([N+](=O)[O-])cc1[N+](=O)[O-]. The molecule has 28 heavy (non-hydrogen) atoms. The zero-order valence-electron chi connectivity index (χ0n) is 14.2. The molecule has 0 fully saturated rings. The standard InChI is InChI=1S/C16H11N3O9/c1-9-13(6-12(18(24)25)7-14(9)19(26)27)16(21)28-8-15(20)10-2-4-11(5-3-10)17(22)23/h2-7H,8H2,1H3. The number of Topliss-reactive ketones (excluding diaryl/α,β-unsaturated/α-hetero) is 1. The van der Waals surface area contributed by atoms with Crippen molar-refractivity contribution in [3.05, 3.63) is 83.4 Å². The van der Waals surface area contributed by atoms with Gasteiger partial charge in [0.2, 0.25) is 0 Å². The summed E-state index contributed by atoms with van der Waals surface area (Å²) in [6.07, 6.45) is 0. The van der Waals surface area contributed by atoms with E-state index in [9.17, 15) is 39.9 Å². The molecule has 0 saturated heterocycles. The largest absolute Gasteiger partial charge is 0.454 e. The summed E-state index contributed by atoms with van der Waals surface area (Å²) in [7, 11) is 0. The Kier molecular flexibility index (Phi) is 5.73. The third-order valence-corrected chi connectivity index (χ3v) is 3.73. The first-order chi connectivity index (χ1) is 13.1. The Morgan fingerprint density at radius 2 is 1.46 bits per heavy atom. The number of nitrogens with zero attached hydrogens (tertiary/aromatic N) is 3. The third-order valence-electron chi connectivity index (χ3n) is 3.73. The highest BCUT2D eigenvalue weighted by atomic mass is 16.6. The van der Waals surface area contributed by atoms with Gasteiger partial charge >= 0.3 is 5.97 Å². The van der Waals surface area contributed by atoms with Gasteiger partial charge in [0.15, 0.2) is 12.4 Å². The van der Waals surface area contributed by atoms with Crippen molar-refractivity contribution < 1.29 is 29.1 Å². The second-order valence-corrected chi connectivity index (χ2v) is 5.45. The molecule has 0 bridgehead atoms. The van der Waals surface area contributed by atoms with E-state index >= 15 is 0 Å². The molecule has 0 N–H and O–H groups in total. The number of rotatable bonds is 7. The minimum Gasteiger partial charge on any atom is -0.454 e. The molecule has 0 saturated carbocycles. The average molecular weight is 389 g/mol. The molecular formula is C16H11N3O9. The monoisotopic (exact) mass is 389 g/mol. The second kappa shape index (κ2) is 7.99. The van der Waals surface area contributed by atoms with Gasteiger partial charge in [0.25, 0.3) is 17.1 Å². The number of nitro benzene ring substituents is 3. The molecule has 0 heterocycles. The highest BCUT2D eigenvalue weighted by Crippen LogP contribution is 2.28. The molecule has 0 aliphatic carbocycles. The Labute approximate surface area is 155 Å². The topological polar surface area (TPSA) is 173 Å². The Hall–Kier alpha value is -4.22. The molecule has 0 aliphatic heterocycles. The lowest BCUT2D eigenvalue weighted by molar-refractivity contribution is -0.394. The highest BCUT2D eigenvalue weighted by Gasteiger charge is 2.26. The minimum absolute atomic E-state index is 0.0418. The fraction of sp³-hybridized carbons (Fsp3) is 0.125. The molecule has 2 aromatic carbocycles. The van der Waals surface area contributed by atoms with E-state index in [0.717, 1.165) is 18.2 Å². The molecule has 0 aliphatic rings. The Morgan fingerprint density at radius 1 is 0.893 bits per heavy atom. The molecule has 144 valence electrons. The number of non-ortho nitro benzene ring substituents is 2. The normalized spacial score (nSPS) is 10.2. The molecule has 2 rings (SSSR count). The molecular weight excluding hydrogens is 378 g/mol. The van der Waals surface area contributed by atoms with Crippen molar-refractivity contribution in [1.82, 2.24) is 0 Å². The third kappa shape index (κ3) is 4.30. The van der Waals surface area contributed by atoms with E-state index in [1.165, 1.54) is 19.1 Å². The van der Waals surface area contributed by atoms with Gasteiger partial charge in [0, 0.05) is 29.3 Å². The maximum atomic E-state index is 12.2. The van der Waals surface area contributed by atoms with E-state index in [1.807, 2.05) is 0 Å². The number of carbonyl (C=O) groups excluding carboxylic acids is 2. The van der Waals surface area contributed by atoms with Crippen LogP contribution in [-0.2, 0) is 4.74 Å². The summed E-state index contributed by atoms with van der Waals surface area (Å²) >= 11 is 0. The minimum atomic E-state index is -1.15. The summed E-state index contributed by atoms with van der Waals surface area (Å²) in [5.41, 5.74) is -2.07. The number of ketones is 1. The van der Waals surface area contributed by atoms with E-state index in [-0.39, 0.29) is 16.8 Å². The molecule has 0 unspecified atom stereocenters. The van der Waals surface area contributed by atoms with Gasteiger partial charge in [-0.15, -0.1) is 0 Å². The van der Waals surface area contributed by atoms with Gasteiger partial charge in [-0.3, -0.25) is 35.1 Å². The maximum Gasteiger partial charge on any atom is 0.339 e. The number of esters is 1. The fourth-order valence-electron chi connectivity index (χ4n) is 2.25. The number of carbonyl (C=O) groups is 2.